The van der Waals surface area contributed by atoms with Gasteiger partial charge in [-0.15, -0.1) is 11.3 Å². The van der Waals surface area contributed by atoms with Crippen LogP contribution < -0.4 is 5.73 Å². The number of hydrogen-bond acceptors (Lipinski definition) is 5. The van der Waals surface area contributed by atoms with Crippen LogP contribution in [-0.2, 0) is 6.54 Å². The van der Waals surface area contributed by atoms with Crippen molar-refractivity contribution in [3.05, 3.63) is 35.0 Å². The molecule has 16 heavy (non-hydrogen) atoms. The monoisotopic (exact) mass is 231 g/mol. The summed E-state index contributed by atoms with van der Waals surface area (Å²) >= 11 is 1.71. The van der Waals surface area contributed by atoms with Gasteiger partial charge in [0.05, 0.1) is 12.9 Å². The number of aromatic nitrogens is 4. The molecule has 0 saturated heterocycles. The van der Waals surface area contributed by atoms with E-state index in [4.69, 9.17) is 5.73 Å². The number of nitrogen functional groups attached to an aromatic ring is 1. The van der Waals surface area contributed by atoms with E-state index >= 15 is 0 Å². The number of rotatable bonds is 2. The Morgan fingerprint density at radius 1 is 1.31 bits per heavy atom. The number of fused-ring (bicyclic) bond motifs is 1. The van der Waals surface area contributed by atoms with Crippen molar-refractivity contribution in [2.75, 3.05) is 5.73 Å². The molecule has 0 fully saturated rings. The maximum absolute atomic E-state index is 5.72. The van der Waals surface area contributed by atoms with Gasteiger partial charge in [0.25, 0.3) is 0 Å². The highest BCUT2D eigenvalue weighted by atomic mass is 32.1. The van der Waals surface area contributed by atoms with Crippen molar-refractivity contribution in [3.63, 3.8) is 0 Å². The van der Waals surface area contributed by atoms with Gasteiger partial charge in [-0.25, -0.2) is 15.0 Å². The minimum absolute atomic E-state index is 0.426. The maximum atomic E-state index is 5.72. The molecule has 0 aliphatic heterocycles. The molecule has 0 aliphatic rings. The fraction of sp³-hybridized carbons (Fsp3) is 0.100. The Bertz CT molecular complexity index is 613. The number of hydrogen-bond donors (Lipinski definition) is 1. The molecule has 5 nitrogen and oxygen atoms in total. The lowest BCUT2D eigenvalue weighted by Crippen LogP contribution is -1.99. The molecule has 0 amide bonds. The molecule has 0 bridgehead atoms. The molecule has 3 aromatic heterocycles. The zero-order valence-corrected chi connectivity index (χ0v) is 9.18. The molecular formula is C10H9N5S. The predicted molar refractivity (Wildman–Crippen MR) is 63.2 cm³/mol. The van der Waals surface area contributed by atoms with Crippen molar-refractivity contribution in [1.29, 1.82) is 0 Å². The molecule has 3 aromatic rings. The van der Waals surface area contributed by atoms with E-state index in [0.29, 0.717) is 11.3 Å². The van der Waals surface area contributed by atoms with Crippen molar-refractivity contribution in [2.24, 2.45) is 0 Å². The lowest BCUT2D eigenvalue weighted by Gasteiger charge is -2.00. The summed E-state index contributed by atoms with van der Waals surface area (Å²) in [5, 5.41) is 2.05. The van der Waals surface area contributed by atoms with E-state index in [1.807, 2.05) is 10.6 Å². The fourth-order valence-corrected chi connectivity index (χ4v) is 2.29. The minimum atomic E-state index is 0.426. The summed E-state index contributed by atoms with van der Waals surface area (Å²) in [6.45, 7) is 0.768. The van der Waals surface area contributed by atoms with Crippen LogP contribution >= 0.6 is 11.3 Å². The second-order valence-corrected chi connectivity index (χ2v) is 4.42. The first-order valence-corrected chi connectivity index (χ1v) is 5.66. The first-order valence-electron chi connectivity index (χ1n) is 4.78. The van der Waals surface area contributed by atoms with Crippen LogP contribution in [0.3, 0.4) is 0 Å². The average Bonchev–Trinajstić information content (AvgIpc) is 2.90. The quantitative estimate of drug-likeness (QED) is 0.726. The summed E-state index contributed by atoms with van der Waals surface area (Å²) in [6.07, 6.45) is 3.21. The van der Waals surface area contributed by atoms with Crippen LogP contribution in [0.1, 0.15) is 4.88 Å². The van der Waals surface area contributed by atoms with Gasteiger partial charge in [0.2, 0.25) is 0 Å². The first kappa shape index (κ1) is 9.29. The van der Waals surface area contributed by atoms with Crippen molar-refractivity contribution < 1.29 is 0 Å². The van der Waals surface area contributed by atoms with E-state index in [0.717, 1.165) is 12.2 Å². The topological polar surface area (TPSA) is 69.6 Å². The Kier molecular flexibility index (Phi) is 2.07. The van der Waals surface area contributed by atoms with Crippen LogP contribution in [-0.4, -0.2) is 19.5 Å². The number of imidazole rings is 1. The summed E-state index contributed by atoms with van der Waals surface area (Å²) in [5.74, 6) is 0.426. The van der Waals surface area contributed by atoms with Gasteiger partial charge in [0.1, 0.15) is 11.8 Å². The molecule has 0 unspecified atom stereocenters. The van der Waals surface area contributed by atoms with Crippen molar-refractivity contribution in [2.45, 2.75) is 6.54 Å². The Morgan fingerprint density at radius 2 is 2.25 bits per heavy atom. The molecule has 0 aliphatic carbocycles. The summed E-state index contributed by atoms with van der Waals surface area (Å²) in [7, 11) is 0. The van der Waals surface area contributed by atoms with Crippen LogP contribution in [0.15, 0.2) is 30.2 Å². The van der Waals surface area contributed by atoms with Gasteiger partial charge < -0.3 is 10.3 Å². The highest BCUT2D eigenvalue weighted by Gasteiger charge is 2.07. The van der Waals surface area contributed by atoms with Crippen LogP contribution in [0, 0.1) is 0 Å². The smallest absolute Gasteiger partial charge is 0.165 e. The Morgan fingerprint density at radius 3 is 3.06 bits per heavy atom. The molecule has 6 heteroatoms. The summed E-state index contributed by atoms with van der Waals surface area (Å²) < 4.78 is 1.97. The second kappa shape index (κ2) is 3.57. The zero-order chi connectivity index (χ0) is 11.0. The largest absolute Gasteiger partial charge is 0.382 e. The number of nitrogens with two attached hydrogens (primary N) is 1. The van der Waals surface area contributed by atoms with E-state index in [2.05, 4.69) is 26.4 Å². The van der Waals surface area contributed by atoms with Crippen LogP contribution in [0.4, 0.5) is 5.82 Å². The molecule has 2 N–H and O–H groups in total. The van der Waals surface area contributed by atoms with Gasteiger partial charge >= 0.3 is 0 Å². The normalized spacial score (nSPS) is 11.0. The van der Waals surface area contributed by atoms with E-state index in [-0.39, 0.29) is 0 Å². The van der Waals surface area contributed by atoms with E-state index < -0.39 is 0 Å². The van der Waals surface area contributed by atoms with Crippen molar-refractivity contribution >= 4 is 28.3 Å². The standard InChI is InChI=1S/C10H9N5S/c11-9-8-10(13-5-12-9)15(6-14-8)4-7-2-1-3-16-7/h1-3,5-6H,4H2,(H2,11,12,13). The fourth-order valence-electron chi connectivity index (χ4n) is 1.58. The summed E-state index contributed by atoms with van der Waals surface area (Å²) in [4.78, 5) is 13.6. The summed E-state index contributed by atoms with van der Waals surface area (Å²) in [5.41, 5.74) is 7.16. The molecule has 0 aromatic carbocycles. The maximum Gasteiger partial charge on any atom is 0.165 e. The first-order chi connectivity index (χ1) is 7.84. The zero-order valence-electron chi connectivity index (χ0n) is 8.37. The summed E-state index contributed by atoms with van der Waals surface area (Å²) in [6, 6.07) is 4.11. The van der Waals surface area contributed by atoms with Crippen LogP contribution in [0.5, 0.6) is 0 Å². The third-order valence-electron chi connectivity index (χ3n) is 2.34. The van der Waals surface area contributed by atoms with Crippen molar-refractivity contribution in [1.82, 2.24) is 19.5 Å². The second-order valence-electron chi connectivity index (χ2n) is 3.38. The van der Waals surface area contributed by atoms with Gasteiger partial charge in [-0.05, 0) is 11.4 Å². The van der Waals surface area contributed by atoms with Crippen LogP contribution in [0.2, 0.25) is 0 Å². The lowest BCUT2D eigenvalue weighted by molar-refractivity contribution is 0.826. The molecular weight excluding hydrogens is 222 g/mol. The molecule has 80 valence electrons. The van der Waals surface area contributed by atoms with Crippen molar-refractivity contribution in [3.8, 4) is 0 Å². The third kappa shape index (κ3) is 1.43. The van der Waals surface area contributed by atoms with E-state index in [1.54, 1.807) is 17.7 Å². The molecule has 0 saturated carbocycles. The number of thiophene rings is 1. The average molecular weight is 231 g/mol. The highest BCUT2D eigenvalue weighted by molar-refractivity contribution is 7.09. The Hall–Kier alpha value is -1.95. The van der Waals surface area contributed by atoms with Gasteiger partial charge in [-0.1, -0.05) is 6.07 Å². The lowest BCUT2D eigenvalue weighted by atomic mass is 10.4. The molecule has 0 atom stereocenters. The molecule has 3 heterocycles. The third-order valence-corrected chi connectivity index (χ3v) is 3.20. The van der Waals surface area contributed by atoms with Gasteiger partial charge in [0.15, 0.2) is 11.5 Å². The SMILES string of the molecule is Nc1ncnc2c1ncn2Cc1cccs1. The van der Waals surface area contributed by atoms with Crippen LogP contribution in [0.25, 0.3) is 11.2 Å². The molecule has 0 radical (unpaired) electrons. The number of anilines is 1. The van der Waals surface area contributed by atoms with Gasteiger partial charge in [-0.2, -0.15) is 0 Å². The molecule has 3 rings (SSSR count). The highest BCUT2D eigenvalue weighted by Crippen LogP contribution is 2.17. The van der Waals surface area contributed by atoms with E-state index in [1.165, 1.54) is 11.2 Å². The Labute approximate surface area is 95.6 Å². The minimum Gasteiger partial charge on any atom is -0.382 e. The predicted octanol–water partition coefficient (Wildman–Crippen LogP) is 1.52. The number of nitrogens with zero attached hydrogens (tertiary/aromatic N) is 4. The Balaban J connectivity index is 2.08. The van der Waals surface area contributed by atoms with Gasteiger partial charge in [-0.3, -0.25) is 0 Å². The van der Waals surface area contributed by atoms with Gasteiger partial charge in [0, 0.05) is 4.88 Å². The van der Waals surface area contributed by atoms with E-state index in [9.17, 15) is 0 Å². The molecule has 0 spiro atoms.